The number of rotatable bonds is 5. The lowest BCUT2D eigenvalue weighted by Crippen LogP contribution is -2.08. The Hall–Kier alpha value is -2.15. The van der Waals surface area contributed by atoms with Crippen LogP contribution in [0, 0.1) is 10.1 Å². The summed E-state index contributed by atoms with van der Waals surface area (Å²) in [5.41, 5.74) is 0.441. The van der Waals surface area contributed by atoms with E-state index in [-0.39, 0.29) is 11.7 Å². The number of thiazole rings is 1. The smallest absolute Gasteiger partial charge is 0.292 e. The molecule has 0 aliphatic heterocycles. The van der Waals surface area contributed by atoms with Gasteiger partial charge in [0.2, 0.25) is 0 Å². The standard InChI is InChI=1S/C12H13N3O3S/c1-8(12-13-5-6-19-12)14-10-7-9(18-2)3-4-11(10)15(16)17/h3-8,14H,1-2H3. The number of nitrogens with one attached hydrogen (secondary N) is 1. The van der Waals surface area contributed by atoms with E-state index in [1.807, 2.05) is 12.3 Å². The van der Waals surface area contributed by atoms with Crippen molar-refractivity contribution in [3.05, 3.63) is 44.9 Å². The second kappa shape index (κ2) is 5.66. The summed E-state index contributed by atoms with van der Waals surface area (Å²) in [6.45, 7) is 1.90. The molecule has 7 heteroatoms. The van der Waals surface area contributed by atoms with Gasteiger partial charge in [-0.3, -0.25) is 10.1 Å². The Balaban J connectivity index is 2.29. The zero-order valence-electron chi connectivity index (χ0n) is 10.5. The summed E-state index contributed by atoms with van der Waals surface area (Å²) in [6.07, 6.45) is 1.71. The van der Waals surface area contributed by atoms with Gasteiger partial charge >= 0.3 is 0 Å². The summed E-state index contributed by atoms with van der Waals surface area (Å²) < 4.78 is 5.09. The zero-order valence-corrected chi connectivity index (χ0v) is 11.3. The third-order valence-corrected chi connectivity index (χ3v) is 3.55. The molecule has 1 N–H and O–H groups in total. The number of aromatic nitrogens is 1. The normalized spacial score (nSPS) is 11.9. The lowest BCUT2D eigenvalue weighted by Gasteiger charge is -2.13. The SMILES string of the molecule is COc1ccc([N+](=O)[O-])c(NC(C)c2nccs2)c1. The van der Waals surface area contributed by atoms with Gasteiger partial charge in [-0.2, -0.15) is 0 Å². The van der Waals surface area contributed by atoms with E-state index in [2.05, 4.69) is 10.3 Å². The minimum absolute atomic E-state index is 0.0178. The van der Waals surface area contributed by atoms with E-state index in [1.165, 1.54) is 24.5 Å². The number of hydrogen-bond acceptors (Lipinski definition) is 6. The van der Waals surface area contributed by atoms with Gasteiger partial charge < -0.3 is 10.1 Å². The van der Waals surface area contributed by atoms with E-state index in [1.54, 1.807) is 18.3 Å². The molecule has 1 heterocycles. The van der Waals surface area contributed by atoms with E-state index in [0.717, 1.165) is 5.01 Å². The molecule has 1 aromatic carbocycles. The van der Waals surface area contributed by atoms with Gasteiger partial charge in [0.1, 0.15) is 16.4 Å². The van der Waals surface area contributed by atoms with Gasteiger partial charge in [-0.25, -0.2) is 4.98 Å². The molecule has 100 valence electrons. The first-order chi connectivity index (χ1) is 9.11. The van der Waals surface area contributed by atoms with Crippen molar-refractivity contribution in [1.29, 1.82) is 0 Å². The average molecular weight is 279 g/mol. The first kappa shape index (κ1) is 13.3. The van der Waals surface area contributed by atoms with Crippen LogP contribution in [0.2, 0.25) is 0 Å². The number of hydrogen-bond donors (Lipinski definition) is 1. The number of nitro groups is 1. The number of nitro benzene ring substituents is 1. The zero-order chi connectivity index (χ0) is 13.8. The fourth-order valence-corrected chi connectivity index (χ4v) is 2.31. The molecule has 1 atom stereocenters. The van der Waals surface area contributed by atoms with Crippen LogP contribution in [0.15, 0.2) is 29.8 Å². The maximum Gasteiger partial charge on any atom is 0.292 e. The van der Waals surface area contributed by atoms with Gasteiger partial charge in [0.25, 0.3) is 5.69 Å². The topological polar surface area (TPSA) is 77.3 Å². The van der Waals surface area contributed by atoms with Crippen molar-refractivity contribution < 1.29 is 9.66 Å². The van der Waals surface area contributed by atoms with E-state index in [4.69, 9.17) is 4.74 Å². The molecule has 0 saturated carbocycles. The summed E-state index contributed by atoms with van der Waals surface area (Å²) in [7, 11) is 1.52. The van der Waals surface area contributed by atoms with Gasteiger partial charge in [0.15, 0.2) is 0 Å². The second-order valence-electron chi connectivity index (χ2n) is 3.88. The molecule has 0 spiro atoms. The second-order valence-corrected chi connectivity index (χ2v) is 4.80. The van der Waals surface area contributed by atoms with Crippen LogP contribution < -0.4 is 10.1 Å². The molecule has 0 radical (unpaired) electrons. The fraction of sp³-hybridized carbons (Fsp3) is 0.250. The first-order valence-corrected chi connectivity index (χ1v) is 6.48. The quantitative estimate of drug-likeness (QED) is 0.671. The van der Waals surface area contributed by atoms with E-state index >= 15 is 0 Å². The number of benzene rings is 1. The van der Waals surface area contributed by atoms with Crippen LogP contribution in [-0.4, -0.2) is 17.0 Å². The molecule has 0 aliphatic carbocycles. The Kier molecular flexibility index (Phi) is 3.96. The molecule has 2 aromatic rings. The molecule has 6 nitrogen and oxygen atoms in total. The predicted molar refractivity (Wildman–Crippen MR) is 73.8 cm³/mol. The maximum atomic E-state index is 11.0. The summed E-state index contributed by atoms with van der Waals surface area (Å²) in [6, 6.07) is 4.50. The van der Waals surface area contributed by atoms with Crippen molar-refractivity contribution in [2.45, 2.75) is 13.0 Å². The Morgan fingerprint density at radius 1 is 1.53 bits per heavy atom. The third kappa shape index (κ3) is 3.00. The summed E-state index contributed by atoms with van der Waals surface area (Å²) in [4.78, 5) is 14.8. The van der Waals surface area contributed by atoms with Crippen molar-refractivity contribution in [3.63, 3.8) is 0 Å². The van der Waals surface area contributed by atoms with Gasteiger partial charge in [-0.05, 0) is 13.0 Å². The highest BCUT2D eigenvalue weighted by Crippen LogP contribution is 2.32. The van der Waals surface area contributed by atoms with E-state index < -0.39 is 4.92 Å². The van der Waals surface area contributed by atoms with Gasteiger partial charge in [-0.1, -0.05) is 0 Å². The number of methoxy groups -OCH3 is 1. The summed E-state index contributed by atoms with van der Waals surface area (Å²) in [5.74, 6) is 0.569. The van der Waals surface area contributed by atoms with Crippen molar-refractivity contribution >= 4 is 22.7 Å². The third-order valence-electron chi connectivity index (χ3n) is 2.59. The summed E-state index contributed by atoms with van der Waals surface area (Å²) >= 11 is 1.50. The van der Waals surface area contributed by atoms with Crippen LogP contribution >= 0.6 is 11.3 Å². The monoisotopic (exact) mass is 279 g/mol. The Morgan fingerprint density at radius 3 is 2.89 bits per heavy atom. The molecule has 0 amide bonds. The molecule has 0 fully saturated rings. The highest BCUT2D eigenvalue weighted by atomic mass is 32.1. The van der Waals surface area contributed by atoms with Crippen LogP contribution in [0.25, 0.3) is 0 Å². The van der Waals surface area contributed by atoms with Crippen LogP contribution in [-0.2, 0) is 0 Å². The first-order valence-electron chi connectivity index (χ1n) is 5.60. The Labute approximate surface area is 114 Å². The van der Waals surface area contributed by atoms with Crippen LogP contribution in [0.4, 0.5) is 11.4 Å². The van der Waals surface area contributed by atoms with Gasteiger partial charge in [0.05, 0.1) is 18.1 Å². The maximum absolute atomic E-state index is 11.0. The minimum Gasteiger partial charge on any atom is -0.497 e. The van der Waals surface area contributed by atoms with Crippen molar-refractivity contribution in [1.82, 2.24) is 4.98 Å². The number of anilines is 1. The Bertz CT molecular complexity index is 572. The van der Waals surface area contributed by atoms with Crippen LogP contribution in [0.3, 0.4) is 0 Å². The largest absolute Gasteiger partial charge is 0.497 e. The fourth-order valence-electron chi connectivity index (χ4n) is 1.66. The molecule has 1 aromatic heterocycles. The van der Waals surface area contributed by atoms with E-state index in [0.29, 0.717) is 11.4 Å². The van der Waals surface area contributed by atoms with Gasteiger partial charge in [-0.15, -0.1) is 11.3 Å². The lowest BCUT2D eigenvalue weighted by atomic mass is 10.2. The van der Waals surface area contributed by atoms with Crippen molar-refractivity contribution in [2.24, 2.45) is 0 Å². The highest BCUT2D eigenvalue weighted by molar-refractivity contribution is 7.09. The lowest BCUT2D eigenvalue weighted by molar-refractivity contribution is -0.384. The molecule has 1 unspecified atom stereocenters. The van der Waals surface area contributed by atoms with Crippen LogP contribution in [0.5, 0.6) is 5.75 Å². The molecule has 2 rings (SSSR count). The number of ether oxygens (including phenoxy) is 1. The van der Waals surface area contributed by atoms with E-state index in [9.17, 15) is 10.1 Å². The summed E-state index contributed by atoms with van der Waals surface area (Å²) in [5, 5.41) is 16.8. The Morgan fingerprint density at radius 2 is 2.32 bits per heavy atom. The minimum atomic E-state index is -0.420. The van der Waals surface area contributed by atoms with Gasteiger partial charge in [0, 0.05) is 23.7 Å². The molecular weight excluding hydrogens is 266 g/mol. The highest BCUT2D eigenvalue weighted by Gasteiger charge is 2.17. The van der Waals surface area contributed by atoms with Crippen molar-refractivity contribution in [2.75, 3.05) is 12.4 Å². The molecule has 19 heavy (non-hydrogen) atoms. The molecule has 0 saturated heterocycles. The van der Waals surface area contributed by atoms with Crippen LogP contribution in [0.1, 0.15) is 18.0 Å². The molecular formula is C12H13N3O3S. The number of nitrogens with zero attached hydrogens (tertiary/aromatic N) is 2. The predicted octanol–water partition coefficient (Wildman–Crippen LogP) is 3.23. The van der Waals surface area contributed by atoms with Crippen molar-refractivity contribution in [3.8, 4) is 5.75 Å². The average Bonchev–Trinajstić information content (AvgIpc) is 2.92. The molecule has 0 bridgehead atoms. The molecule has 0 aliphatic rings.